The molecule has 1 N–H and O–H groups in total. The molecule has 0 aliphatic carbocycles. The van der Waals surface area contributed by atoms with Crippen LogP contribution in [0.3, 0.4) is 0 Å². The molecule has 0 spiro atoms. The fraction of sp³-hybridized carbons (Fsp3) is 0.100. The van der Waals surface area contributed by atoms with Crippen LogP contribution in [0.15, 0.2) is 133 Å². The van der Waals surface area contributed by atoms with Crippen molar-refractivity contribution in [2.75, 3.05) is 0 Å². The second kappa shape index (κ2) is 15.7. The fourth-order valence-electron chi connectivity index (χ4n) is 4.82. The Hall–Kier alpha value is -4.63. The number of aromatic nitrogens is 1. The fourth-order valence-corrected chi connectivity index (χ4v) is 4.82. The van der Waals surface area contributed by atoms with Crippen LogP contribution in [0.5, 0.6) is 0 Å². The summed E-state index contributed by atoms with van der Waals surface area (Å²) in [5, 5.41) is 11.0. The average Bonchev–Trinajstić information content (AvgIpc) is 3.01. The molecule has 44 heavy (non-hydrogen) atoms. The Morgan fingerprint density at radius 1 is 0.705 bits per heavy atom. The van der Waals surface area contributed by atoms with Crippen molar-refractivity contribution in [3.8, 4) is 22.4 Å². The Morgan fingerprint density at radius 3 is 1.93 bits per heavy atom. The van der Waals surface area contributed by atoms with Gasteiger partial charge in [-0.25, -0.2) is 0 Å². The van der Waals surface area contributed by atoms with Gasteiger partial charge in [0.05, 0.1) is 5.52 Å². The summed E-state index contributed by atoms with van der Waals surface area (Å²) in [4.78, 5) is 16.7. The zero-order valence-corrected chi connectivity index (χ0v) is 26.7. The van der Waals surface area contributed by atoms with Crippen LogP contribution in [0, 0.1) is 26.8 Å². The molecular weight excluding hydrogens is 719 g/mol. The van der Waals surface area contributed by atoms with Crippen molar-refractivity contribution >= 4 is 22.4 Å². The van der Waals surface area contributed by atoms with Crippen LogP contribution in [0.25, 0.3) is 39.0 Å². The van der Waals surface area contributed by atoms with Gasteiger partial charge in [0.1, 0.15) is 5.76 Å². The van der Waals surface area contributed by atoms with Crippen LogP contribution in [0.4, 0.5) is 0 Å². The average molecular weight is 755 g/mol. The number of aliphatic hydroxyl groups is 1. The van der Waals surface area contributed by atoms with Crippen LogP contribution in [-0.2, 0) is 20.1 Å². The molecule has 0 atom stereocenters. The van der Waals surface area contributed by atoms with Gasteiger partial charge in [0, 0.05) is 42.7 Å². The molecule has 0 saturated heterocycles. The molecule has 223 valence electrons. The number of nitrogens with zero attached hydrogens (tertiary/aromatic N) is 1. The van der Waals surface area contributed by atoms with E-state index in [1.54, 1.807) is 36.4 Å². The van der Waals surface area contributed by atoms with Gasteiger partial charge in [-0.2, -0.15) is 0 Å². The summed E-state index contributed by atoms with van der Waals surface area (Å²) >= 11 is 0. The third kappa shape index (κ3) is 8.48. The predicted molar refractivity (Wildman–Crippen MR) is 180 cm³/mol. The molecule has 1 heterocycles. The molecule has 0 amide bonds. The Labute approximate surface area is 274 Å². The van der Waals surface area contributed by atoms with Crippen LogP contribution < -0.4 is 0 Å². The molecule has 1 radical (unpaired) electrons. The van der Waals surface area contributed by atoms with E-state index < -0.39 is 0 Å². The molecule has 0 aliphatic heterocycles. The van der Waals surface area contributed by atoms with Crippen molar-refractivity contribution in [2.45, 2.75) is 28.2 Å². The molecule has 5 aromatic carbocycles. The molecular formula is C40H36IrNO2-. The maximum absolute atomic E-state index is 11.8. The van der Waals surface area contributed by atoms with Crippen molar-refractivity contribution < 1.29 is 30.0 Å². The van der Waals surface area contributed by atoms with E-state index in [1.807, 2.05) is 30.3 Å². The van der Waals surface area contributed by atoms with Gasteiger partial charge in [0.25, 0.3) is 0 Å². The van der Waals surface area contributed by atoms with E-state index in [4.69, 9.17) is 4.98 Å². The monoisotopic (exact) mass is 755 g/mol. The smallest absolute Gasteiger partial charge is 0.189 e. The van der Waals surface area contributed by atoms with Crippen LogP contribution in [0.1, 0.15) is 40.0 Å². The van der Waals surface area contributed by atoms with E-state index in [0.29, 0.717) is 11.1 Å². The van der Waals surface area contributed by atoms with Gasteiger partial charge in [-0.1, -0.05) is 136 Å². The topological polar surface area (TPSA) is 50.2 Å². The Kier molecular flexibility index (Phi) is 12.1. The van der Waals surface area contributed by atoms with Crippen molar-refractivity contribution in [1.82, 2.24) is 4.98 Å². The number of carbonyl (C=O) groups excluding carboxylic acids is 1. The standard InChI is InChI=1S/C24H20N.C15H12O2.CH4.Ir/c1-16-8-10-19(11-9-16)22-15-24(20-13-17(2)12-18(3)14-20)25-23-7-5-4-6-21(22)23;16-14(12-7-3-1-4-8-12)11-15(17)13-9-5-2-6-10-13;;/h4-13,15H,1-3H3;1-11,16H;1H4;/q-1;;;. The third-order valence-electron chi connectivity index (χ3n) is 6.90. The molecule has 1 aromatic heterocycles. The number of rotatable bonds is 5. The van der Waals surface area contributed by atoms with Crippen molar-refractivity contribution in [3.63, 3.8) is 0 Å². The number of para-hydroxylation sites is 1. The minimum Gasteiger partial charge on any atom is -0.507 e. The quantitative estimate of drug-likeness (QED) is 0.0825. The molecule has 0 aliphatic rings. The first kappa shape index (κ1) is 33.9. The summed E-state index contributed by atoms with van der Waals surface area (Å²) in [5.74, 6) is -0.216. The van der Waals surface area contributed by atoms with Crippen LogP contribution >= 0.6 is 0 Å². The first-order chi connectivity index (χ1) is 20.4. The van der Waals surface area contributed by atoms with E-state index in [-0.39, 0.29) is 39.1 Å². The van der Waals surface area contributed by atoms with E-state index in [2.05, 4.69) is 87.5 Å². The first-order valence-electron chi connectivity index (χ1n) is 13.9. The largest absolute Gasteiger partial charge is 0.507 e. The zero-order chi connectivity index (χ0) is 29.5. The molecule has 0 fully saturated rings. The molecule has 6 aromatic rings. The van der Waals surface area contributed by atoms with Gasteiger partial charge in [-0.05, 0) is 29.8 Å². The molecule has 3 nitrogen and oxygen atoms in total. The minimum atomic E-state index is -0.202. The molecule has 4 heteroatoms. The number of ketones is 1. The summed E-state index contributed by atoms with van der Waals surface area (Å²) in [6, 6.07) is 44.8. The van der Waals surface area contributed by atoms with E-state index in [9.17, 15) is 9.90 Å². The number of allylic oxidation sites excluding steroid dienone is 1. The van der Waals surface area contributed by atoms with Crippen molar-refractivity contribution in [2.24, 2.45) is 0 Å². The Bertz CT molecular complexity index is 1840. The minimum absolute atomic E-state index is 0. The maximum atomic E-state index is 11.8. The summed E-state index contributed by atoms with van der Waals surface area (Å²) < 4.78 is 0. The second-order valence-electron chi connectivity index (χ2n) is 10.3. The summed E-state index contributed by atoms with van der Waals surface area (Å²) in [6.45, 7) is 6.31. The number of pyridine rings is 1. The molecule has 0 unspecified atom stereocenters. The number of carbonyl (C=O) groups is 1. The SMILES string of the molecule is C.Cc1[c-]c(-c2cc(-c3ccc(C)cc3)c3ccccc3n2)cc(C)c1.O=C(C=C(O)c1ccccc1)c1ccccc1.[Ir]. The van der Waals surface area contributed by atoms with E-state index in [1.165, 1.54) is 33.7 Å². The normalized spacial score (nSPS) is 10.6. The number of aliphatic hydroxyl groups excluding tert-OH is 1. The van der Waals surface area contributed by atoms with Gasteiger partial charge in [-0.3, -0.25) is 9.78 Å². The first-order valence-corrected chi connectivity index (χ1v) is 13.9. The van der Waals surface area contributed by atoms with Gasteiger partial charge >= 0.3 is 0 Å². The maximum Gasteiger partial charge on any atom is 0.189 e. The van der Waals surface area contributed by atoms with E-state index >= 15 is 0 Å². The number of hydrogen-bond donors (Lipinski definition) is 1. The summed E-state index contributed by atoms with van der Waals surface area (Å²) in [5.41, 5.74) is 10.3. The Balaban J connectivity index is 0.000000246. The van der Waals surface area contributed by atoms with Gasteiger partial charge in [0.15, 0.2) is 5.78 Å². The number of benzene rings is 5. The van der Waals surface area contributed by atoms with Crippen LogP contribution in [-0.4, -0.2) is 15.9 Å². The Morgan fingerprint density at radius 2 is 1.30 bits per heavy atom. The molecule has 0 saturated carbocycles. The third-order valence-corrected chi connectivity index (χ3v) is 6.90. The predicted octanol–water partition coefficient (Wildman–Crippen LogP) is 10.4. The zero-order valence-electron chi connectivity index (χ0n) is 24.3. The van der Waals surface area contributed by atoms with Crippen molar-refractivity contribution in [1.29, 1.82) is 0 Å². The summed E-state index contributed by atoms with van der Waals surface area (Å²) in [7, 11) is 0. The summed E-state index contributed by atoms with van der Waals surface area (Å²) in [6.07, 6.45) is 1.24. The van der Waals surface area contributed by atoms with E-state index in [0.717, 1.165) is 22.3 Å². The molecule has 6 rings (SSSR count). The second-order valence-corrected chi connectivity index (χ2v) is 10.3. The van der Waals surface area contributed by atoms with Gasteiger partial charge < -0.3 is 5.11 Å². The van der Waals surface area contributed by atoms with Gasteiger partial charge in [0.2, 0.25) is 0 Å². The van der Waals surface area contributed by atoms with Gasteiger partial charge in [-0.15, -0.1) is 34.9 Å². The van der Waals surface area contributed by atoms with Crippen molar-refractivity contribution in [3.05, 3.63) is 167 Å². The number of aryl methyl sites for hydroxylation is 3. The molecule has 0 bridgehead atoms. The van der Waals surface area contributed by atoms with Crippen LogP contribution in [0.2, 0.25) is 0 Å². The number of hydrogen-bond acceptors (Lipinski definition) is 3. The number of fused-ring (bicyclic) bond motifs is 1.